The number of amides is 1. The fourth-order valence-corrected chi connectivity index (χ4v) is 4.63. The Labute approximate surface area is 178 Å². The van der Waals surface area contributed by atoms with Crippen LogP contribution in [0.5, 0.6) is 0 Å². The van der Waals surface area contributed by atoms with Gasteiger partial charge < -0.3 is 9.64 Å². The molecule has 1 unspecified atom stereocenters. The molecule has 162 valence electrons. The molecule has 6 nitrogen and oxygen atoms in total. The maximum atomic E-state index is 13.7. The highest BCUT2D eigenvalue weighted by Gasteiger charge is 2.47. The van der Waals surface area contributed by atoms with Gasteiger partial charge in [0.15, 0.2) is 11.6 Å². The zero-order valence-corrected chi connectivity index (χ0v) is 17.8. The van der Waals surface area contributed by atoms with E-state index in [1.807, 2.05) is 31.5 Å². The van der Waals surface area contributed by atoms with Crippen LogP contribution in [0.2, 0.25) is 0 Å². The lowest BCUT2D eigenvalue weighted by molar-refractivity contribution is 0.0284. The van der Waals surface area contributed by atoms with Crippen LogP contribution < -0.4 is 0 Å². The molecule has 1 fully saturated rings. The molecule has 2 aliphatic heterocycles. The van der Waals surface area contributed by atoms with Gasteiger partial charge in [-0.3, -0.25) is 9.67 Å². The van der Waals surface area contributed by atoms with Gasteiger partial charge in [-0.15, -0.1) is 0 Å². The number of pyridine rings is 1. The summed E-state index contributed by atoms with van der Waals surface area (Å²) in [5, 5.41) is 5.25. The first-order chi connectivity index (χ1) is 14.6. The van der Waals surface area contributed by atoms with Crippen LogP contribution in [-0.2, 0) is 16.7 Å². The molecule has 4 heterocycles. The van der Waals surface area contributed by atoms with Crippen molar-refractivity contribution in [1.29, 1.82) is 0 Å². The lowest BCUT2D eigenvalue weighted by Crippen LogP contribution is -2.37. The van der Waals surface area contributed by atoms with Gasteiger partial charge in [0.1, 0.15) is 5.60 Å². The number of aryl methyl sites for hydroxylation is 1. The van der Waals surface area contributed by atoms with Crippen molar-refractivity contribution < 1.29 is 18.3 Å². The van der Waals surface area contributed by atoms with Crippen molar-refractivity contribution in [2.45, 2.75) is 51.2 Å². The quantitative estimate of drug-likeness (QED) is 0.568. The fraction of sp³-hybridized carbons (Fsp3) is 0.435. The number of fused-ring (bicyclic) bond motifs is 3. The Morgan fingerprint density at radius 1 is 1.10 bits per heavy atom. The first-order valence-corrected chi connectivity index (χ1v) is 10.5. The van der Waals surface area contributed by atoms with Gasteiger partial charge >= 0.3 is 6.09 Å². The minimum atomic E-state index is -0.911. The topological polar surface area (TPSA) is 60.2 Å². The summed E-state index contributed by atoms with van der Waals surface area (Å²) in [5.74, 6) is -1.81. The van der Waals surface area contributed by atoms with E-state index in [9.17, 15) is 13.6 Å². The number of benzene rings is 1. The monoisotopic (exact) mass is 426 g/mol. The number of rotatable bonds is 1. The maximum Gasteiger partial charge on any atom is 0.410 e. The van der Waals surface area contributed by atoms with Gasteiger partial charge in [0.25, 0.3) is 0 Å². The molecule has 1 spiro atoms. The lowest BCUT2D eigenvalue weighted by Gasteiger charge is -2.26. The van der Waals surface area contributed by atoms with Crippen LogP contribution in [0.3, 0.4) is 0 Å². The predicted molar refractivity (Wildman–Crippen MR) is 112 cm³/mol. The van der Waals surface area contributed by atoms with Crippen molar-refractivity contribution in [3.8, 4) is 11.3 Å². The first-order valence-electron chi connectivity index (χ1n) is 10.5. The van der Waals surface area contributed by atoms with E-state index in [0.717, 1.165) is 48.5 Å². The average molecular weight is 426 g/mol. The molecular weight excluding hydrogens is 402 g/mol. The van der Waals surface area contributed by atoms with E-state index < -0.39 is 17.2 Å². The van der Waals surface area contributed by atoms with Crippen LogP contribution in [0.4, 0.5) is 13.6 Å². The smallest absolute Gasteiger partial charge is 0.410 e. The Balaban J connectivity index is 1.43. The number of carbonyl (C=O) groups excluding carboxylic acids is 1. The Hall–Kier alpha value is -3.03. The van der Waals surface area contributed by atoms with Gasteiger partial charge in [0.2, 0.25) is 0 Å². The molecule has 5 rings (SSSR count). The molecule has 1 aromatic carbocycles. The van der Waals surface area contributed by atoms with Gasteiger partial charge in [-0.1, -0.05) is 0 Å². The lowest BCUT2D eigenvalue weighted by atomic mass is 9.82. The third kappa shape index (κ3) is 3.43. The molecule has 8 heteroatoms. The molecule has 2 aliphatic rings. The van der Waals surface area contributed by atoms with Gasteiger partial charge in [0, 0.05) is 54.0 Å². The molecule has 31 heavy (non-hydrogen) atoms. The van der Waals surface area contributed by atoms with E-state index in [4.69, 9.17) is 9.84 Å². The third-order valence-electron chi connectivity index (χ3n) is 6.15. The highest BCUT2D eigenvalue weighted by Crippen LogP contribution is 2.44. The zero-order chi connectivity index (χ0) is 22.0. The number of aromatic nitrogens is 3. The molecule has 2 aromatic heterocycles. The molecule has 0 bridgehead atoms. The summed E-state index contributed by atoms with van der Waals surface area (Å²) in [6.45, 7) is 7.63. The van der Waals surface area contributed by atoms with Crippen molar-refractivity contribution >= 4 is 17.0 Å². The van der Waals surface area contributed by atoms with Gasteiger partial charge in [-0.05, 0) is 51.8 Å². The largest absolute Gasteiger partial charge is 0.444 e. The van der Waals surface area contributed by atoms with E-state index >= 15 is 0 Å². The van der Waals surface area contributed by atoms with Crippen LogP contribution >= 0.6 is 0 Å². The normalized spacial score (nSPS) is 20.6. The van der Waals surface area contributed by atoms with E-state index in [-0.39, 0.29) is 11.5 Å². The highest BCUT2D eigenvalue weighted by molar-refractivity contribution is 5.83. The molecule has 0 N–H and O–H groups in total. The summed E-state index contributed by atoms with van der Waals surface area (Å²) in [5.41, 5.74) is 2.32. The van der Waals surface area contributed by atoms with E-state index in [1.54, 1.807) is 17.2 Å². The molecule has 0 radical (unpaired) electrons. The third-order valence-corrected chi connectivity index (χ3v) is 6.15. The van der Waals surface area contributed by atoms with E-state index in [2.05, 4.69) is 4.98 Å². The zero-order valence-electron chi connectivity index (χ0n) is 17.8. The SMILES string of the molecule is CC(C)(C)OC(=O)N1CCC2(CCn3nc(-c4cnc5cc(F)c(F)cc5c4)cc32)C1. The number of likely N-dealkylation sites (tertiary alicyclic amines) is 1. The number of halogens is 2. The highest BCUT2D eigenvalue weighted by atomic mass is 19.2. The van der Waals surface area contributed by atoms with Crippen molar-refractivity contribution in [1.82, 2.24) is 19.7 Å². The second kappa shape index (κ2) is 6.73. The number of nitrogens with zero attached hydrogens (tertiary/aromatic N) is 4. The second-order valence-corrected chi connectivity index (χ2v) is 9.50. The van der Waals surface area contributed by atoms with Crippen LogP contribution in [0.1, 0.15) is 39.3 Å². The van der Waals surface area contributed by atoms with Crippen LogP contribution in [0.15, 0.2) is 30.5 Å². The van der Waals surface area contributed by atoms with Crippen LogP contribution in [0, 0.1) is 11.6 Å². The molecule has 0 saturated carbocycles. The Morgan fingerprint density at radius 2 is 1.84 bits per heavy atom. The fourth-order valence-electron chi connectivity index (χ4n) is 4.63. The Bertz CT molecular complexity index is 1200. The summed E-state index contributed by atoms with van der Waals surface area (Å²) in [6.07, 6.45) is 3.13. The number of ether oxygens (including phenoxy) is 1. The van der Waals surface area contributed by atoms with Crippen molar-refractivity contribution in [2.75, 3.05) is 13.1 Å². The second-order valence-electron chi connectivity index (χ2n) is 9.50. The summed E-state index contributed by atoms with van der Waals surface area (Å²) in [7, 11) is 0. The van der Waals surface area contributed by atoms with E-state index in [0.29, 0.717) is 24.0 Å². The Kier molecular flexibility index (Phi) is 4.32. The molecule has 0 aliphatic carbocycles. The van der Waals surface area contributed by atoms with Crippen molar-refractivity contribution in [2.24, 2.45) is 0 Å². The first kappa shape index (κ1) is 19.9. The van der Waals surface area contributed by atoms with Gasteiger partial charge in [-0.25, -0.2) is 13.6 Å². The summed E-state index contributed by atoms with van der Waals surface area (Å²) < 4.78 is 34.7. The number of hydrogen-bond acceptors (Lipinski definition) is 4. The van der Waals surface area contributed by atoms with Gasteiger partial charge in [0.05, 0.1) is 11.2 Å². The number of carbonyl (C=O) groups is 1. The van der Waals surface area contributed by atoms with Crippen LogP contribution in [0.25, 0.3) is 22.2 Å². The standard InChI is InChI=1S/C23H24F2N4O2/c1-22(2,3)31-21(30)28-6-4-23(13-28)5-7-29-20(23)11-19(27-29)15-8-14-9-16(24)17(25)10-18(14)26-12-15/h8-12H,4-7,13H2,1-3H3. The molecule has 1 amide bonds. The Morgan fingerprint density at radius 3 is 2.61 bits per heavy atom. The van der Waals surface area contributed by atoms with Crippen molar-refractivity contribution in [3.05, 3.63) is 47.8 Å². The predicted octanol–water partition coefficient (Wildman–Crippen LogP) is 4.66. The van der Waals surface area contributed by atoms with Crippen molar-refractivity contribution in [3.63, 3.8) is 0 Å². The molecule has 3 aromatic rings. The minimum Gasteiger partial charge on any atom is -0.444 e. The average Bonchev–Trinajstić information content (AvgIpc) is 3.38. The summed E-state index contributed by atoms with van der Waals surface area (Å²) >= 11 is 0. The minimum absolute atomic E-state index is 0.137. The number of hydrogen-bond donors (Lipinski definition) is 0. The van der Waals surface area contributed by atoms with Gasteiger partial charge in [-0.2, -0.15) is 5.10 Å². The maximum absolute atomic E-state index is 13.7. The molecule has 1 atom stereocenters. The summed E-state index contributed by atoms with van der Waals surface area (Å²) in [6, 6.07) is 6.06. The van der Waals surface area contributed by atoms with Crippen LogP contribution in [-0.4, -0.2) is 44.4 Å². The summed E-state index contributed by atoms with van der Waals surface area (Å²) in [4.78, 5) is 18.6. The molecular formula is C23H24F2N4O2. The molecule has 1 saturated heterocycles. The van der Waals surface area contributed by atoms with E-state index in [1.165, 1.54) is 0 Å².